The zero-order chi connectivity index (χ0) is 32.0. The molecule has 0 amide bonds. The van der Waals surface area contributed by atoms with Crippen LogP contribution >= 0.6 is 19.1 Å². The van der Waals surface area contributed by atoms with E-state index in [0.717, 1.165) is 16.2 Å². The van der Waals surface area contributed by atoms with E-state index in [4.69, 9.17) is 29.4 Å². The second kappa shape index (κ2) is 14.5. The lowest BCUT2D eigenvalue weighted by molar-refractivity contribution is -0.148. The van der Waals surface area contributed by atoms with Gasteiger partial charge in [0.05, 0.1) is 26.1 Å². The molecule has 3 heterocycles. The molecule has 0 aliphatic carbocycles. The predicted molar refractivity (Wildman–Crippen MR) is 170 cm³/mol. The van der Waals surface area contributed by atoms with Crippen LogP contribution in [-0.2, 0) is 31.8 Å². The molecule has 0 saturated heterocycles. The van der Waals surface area contributed by atoms with Crippen LogP contribution in [0.15, 0.2) is 58.7 Å². The molecule has 240 valence electrons. The fourth-order valence-electron chi connectivity index (χ4n) is 4.61. The Kier molecular flexibility index (Phi) is 10.5. The summed E-state index contributed by atoms with van der Waals surface area (Å²) < 4.78 is 43.3. The number of fused-ring (bicyclic) bond motifs is 2. The number of nitrogens with two attached hydrogens (primary N) is 1. The molecule has 2 aromatic carbocycles. The lowest BCUT2D eigenvalue weighted by Gasteiger charge is -2.24. The maximum absolute atomic E-state index is 14.1. The van der Waals surface area contributed by atoms with Crippen LogP contribution in [0.5, 0.6) is 17.2 Å². The molecule has 4 aromatic rings. The van der Waals surface area contributed by atoms with Gasteiger partial charge in [-0.25, -0.2) is 9.97 Å². The summed E-state index contributed by atoms with van der Waals surface area (Å²) in [5, 5.41) is 3.65. The summed E-state index contributed by atoms with van der Waals surface area (Å²) in [6, 6.07) is 12.4. The first-order chi connectivity index (χ1) is 21.6. The van der Waals surface area contributed by atoms with Crippen LogP contribution in [0.25, 0.3) is 11.2 Å². The molecule has 13 nitrogen and oxygen atoms in total. The van der Waals surface area contributed by atoms with Crippen molar-refractivity contribution < 1.29 is 33.0 Å². The Balaban J connectivity index is 1.24. The van der Waals surface area contributed by atoms with Gasteiger partial charge in [0.2, 0.25) is 12.7 Å². The van der Waals surface area contributed by atoms with Gasteiger partial charge in [0.15, 0.2) is 24.4 Å². The van der Waals surface area contributed by atoms with E-state index in [1.807, 2.05) is 47.0 Å². The molecule has 45 heavy (non-hydrogen) atoms. The highest BCUT2D eigenvalue weighted by Crippen LogP contribution is 2.43. The van der Waals surface area contributed by atoms with Gasteiger partial charge in [0.25, 0.3) is 0 Å². The summed E-state index contributed by atoms with van der Waals surface area (Å²) in [5.41, 5.74) is 8.16. The number of ether oxygens (including phenoxy) is 5. The summed E-state index contributed by atoms with van der Waals surface area (Å²) in [7, 11) is -1.58. The number of anilines is 1. The second-order valence-electron chi connectivity index (χ2n) is 10.7. The molecule has 0 saturated carbocycles. The summed E-state index contributed by atoms with van der Waals surface area (Å²) in [5.74, 6) is 1.75. The van der Waals surface area contributed by atoms with Crippen molar-refractivity contribution in [2.75, 3.05) is 38.8 Å². The van der Waals surface area contributed by atoms with Crippen molar-refractivity contribution in [2.24, 2.45) is 0 Å². The highest BCUT2D eigenvalue weighted by Gasteiger charge is 2.29. The average Bonchev–Trinajstić information content (AvgIpc) is 3.65. The number of aryl methyl sites for hydroxylation is 1. The first kappa shape index (κ1) is 32.6. The molecule has 2 atom stereocenters. The molecule has 15 heteroatoms. The van der Waals surface area contributed by atoms with E-state index in [9.17, 15) is 9.36 Å². The van der Waals surface area contributed by atoms with Gasteiger partial charge in [-0.05, 0) is 69.2 Å². The first-order valence-corrected chi connectivity index (χ1v) is 17.3. The van der Waals surface area contributed by atoms with Gasteiger partial charge < -0.3 is 38.6 Å². The van der Waals surface area contributed by atoms with Crippen molar-refractivity contribution in [3.63, 3.8) is 0 Å². The molecule has 0 spiro atoms. The van der Waals surface area contributed by atoms with Crippen LogP contribution < -0.4 is 25.0 Å². The normalized spacial score (nSPS) is 14.4. The highest BCUT2D eigenvalue weighted by molar-refractivity contribution is 7.99. The Morgan fingerprint density at radius 1 is 1.13 bits per heavy atom. The van der Waals surface area contributed by atoms with Crippen molar-refractivity contribution in [3.05, 3.63) is 54.4 Å². The summed E-state index contributed by atoms with van der Waals surface area (Å²) in [6.45, 7) is 5.96. The lowest BCUT2D eigenvalue weighted by Crippen LogP contribution is -2.36. The molecule has 1 aliphatic rings. The number of nitrogens with one attached hydrogen (secondary N) is 1. The van der Waals surface area contributed by atoms with Crippen LogP contribution in [0.2, 0.25) is 0 Å². The molecule has 1 unspecified atom stereocenters. The molecular weight excluding hydrogens is 619 g/mol. The largest absolute Gasteiger partial charge is 0.497 e. The minimum Gasteiger partial charge on any atom is -0.497 e. The van der Waals surface area contributed by atoms with E-state index in [1.165, 1.54) is 11.8 Å². The number of hydrogen-bond donors (Lipinski definition) is 2. The minimum atomic E-state index is -3.20. The number of methoxy groups -OCH3 is 1. The van der Waals surface area contributed by atoms with E-state index in [0.29, 0.717) is 40.7 Å². The monoisotopic (exact) mass is 656 g/mol. The third kappa shape index (κ3) is 8.46. The van der Waals surface area contributed by atoms with Crippen molar-refractivity contribution in [2.45, 2.75) is 55.8 Å². The van der Waals surface area contributed by atoms with Gasteiger partial charge in [0, 0.05) is 17.6 Å². The second-order valence-corrected chi connectivity index (χ2v) is 14.5. The quantitative estimate of drug-likeness (QED) is 0.0783. The Morgan fingerprint density at radius 3 is 2.67 bits per heavy atom. The van der Waals surface area contributed by atoms with Crippen LogP contribution in [0.4, 0.5) is 5.95 Å². The number of esters is 1. The molecule has 1 aliphatic heterocycles. The van der Waals surface area contributed by atoms with E-state index in [-0.39, 0.29) is 38.0 Å². The van der Waals surface area contributed by atoms with Crippen LogP contribution in [0.1, 0.15) is 26.3 Å². The molecule has 0 fully saturated rings. The Morgan fingerprint density at radius 2 is 1.91 bits per heavy atom. The van der Waals surface area contributed by atoms with Crippen molar-refractivity contribution in [1.82, 2.24) is 24.6 Å². The number of imidazole rings is 1. The average molecular weight is 657 g/mol. The number of hydrogen-bond acceptors (Lipinski definition) is 12. The number of nitrogen functional groups attached to an aromatic ring is 1. The number of aromatic nitrogens is 4. The first-order valence-electron chi connectivity index (χ1n) is 14.5. The summed E-state index contributed by atoms with van der Waals surface area (Å²) >= 11 is 1.43. The third-order valence-electron chi connectivity index (χ3n) is 6.83. The SMILES string of the molecule is COc1ccc(Sc2nc(N)nc3c2ncn3CCOCP(=O)(CCc2ccc3c(c2)OCO3)N[C@H](C)C(=O)OC(C)C)cc1. The Bertz CT molecular complexity index is 1680. The number of benzene rings is 2. The molecule has 0 bridgehead atoms. The summed E-state index contributed by atoms with van der Waals surface area (Å²) in [4.78, 5) is 26.8. The van der Waals surface area contributed by atoms with Crippen molar-refractivity contribution in [3.8, 4) is 17.2 Å². The van der Waals surface area contributed by atoms with Gasteiger partial charge in [-0.1, -0.05) is 17.8 Å². The van der Waals surface area contributed by atoms with E-state index in [1.54, 1.807) is 34.2 Å². The number of nitrogens with zero attached hydrogens (tertiary/aromatic N) is 4. The fourth-order valence-corrected chi connectivity index (χ4v) is 7.67. The molecule has 0 radical (unpaired) electrons. The van der Waals surface area contributed by atoms with Crippen molar-refractivity contribution >= 4 is 42.1 Å². The van der Waals surface area contributed by atoms with Crippen LogP contribution in [-0.4, -0.2) is 70.7 Å². The fraction of sp³-hybridized carbons (Fsp3) is 0.400. The predicted octanol–water partition coefficient (Wildman–Crippen LogP) is 4.72. The van der Waals surface area contributed by atoms with Gasteiger partial charge in [-0.2, -0.15) is 4.98 Å². The standard InChI is InChI=1S/C30H37N6O7PS/c1-19(2)43-29(37)20(3)35-44(38,14-11-21-5-10-24-25(15-21)42-17-41-24)18-40-13-12-36-16-32-26-27(36)33-30(31)34-28(26)45-23-8-6-22(39-4)7-9-23/h5-10,15-16,19-20H,11-14,17-18H2,1-4H3,(H,35,38)(H2,31,33,34)/t20-,44?/m1/s1. The zero-order valence-corrected chi connectivity index (χ0v) is 27.3. The molecular formula is C30H37N6O7PS. The van der Waals surface area contributed by atoms with Gasteiger partial charge in [-0.15, -0.1) is 0 Å². The smallest absolute Gasteiger partial charge is 0.323 e. The number of carbonyl (C=O) groups is 1. The molecule has 3 N–H and O–H groups in total. The lowest BCUT2D eigenvalue weighted by atomic mass is 10.1. The van der Waals surface area contributed by atoms with Crippen molar-refractivity contribution in [1.29, 1.82) is 0 Å². The molecule has 5 rings (SSSR count). The maximum Gasteiger partial charge on any atom is 0.323 e. The number of carbonyl (C=O) groups excluding carboxylic acids is 1. The summed E-state index contributed by atoms with van der Waals surface area (Å²) in [6.07, 6.45) is 2.02. The van der Waals surface area contributed by atoms with E-state index < -0.39 is 19.3 Å². The minimum absolute atomic E-state index is 0.0842. The molecule has 2 aromatic heterocycles. The van der Waals surface area contributed by atoms with Crippen LogP contribution in [0, 0.1) is 0 Å². The topological polar surface area (TPSA) is 162 Å². The Hall–Kier alpha value is -3.84. The van der Waals surface area contributed by atoms with E-state index >= 15 is 0 Å². The van der Waals surface area contributed by atoms with Gasteiger partial charge >= 0.3 is 5.97 Å². The zero-order valence-electron chi connectivity index (χ0n) is 25.6. The Labute approximate surface area is 265 Å². The maximum atomic E-state index is 14.1. The number of rotatable bonds is 15. The van der Waals surface area contributed by atoms with E-state index in [2.05, 4.69) is 20.0 Å². The van der Waals surface area contributed by atoms with Gasteiger partial charge in [0.1, 0.15) is 28.7 Å². The highest BCUT2D eigenvalue weighted by atomic mass is 32.2. The van der Waals surface area contributed by atoms with Gasteiger partial charge in [-0.3, -0.25) is 9.88 Å². The third-order valence-corrected chi connectivity index (χ3v) is 10.2. The van der Waals surface area contributed by atoms with Crippen LogP contribution in [0.3, 0.4) is 0 Å².